The summed E-state index contributed by atoms with van der Waals surface area (Å²) in [4.78, 5) is 20.0. The van der Waals surface area contributed by atoms with Gasteiger partial charge in [0, 0.05) is 17.8 Å². The van der Waals surface area contributed by atoms with Crippen LogP contribution < -0.4 is 0 Å². The molecule has 0 bridgehead atoms. The van der Waals surface area contributed by atoms with Crippen LogP contribution in [0.4, 0.5) is 0 Å². The van der Waals surface area contributed by atoms with E-state index in [0.29, 0.717) is 11.3 Å². The molecule has 3 heterocycles. The summed E-state index contributed by atoms with van der Waals surface area (Å²) in [5.74, 6) is -0.968. The highest BCUT2D eigenvalue weighted by Gasteiger charge is 2.14. The topological polar surface area (TPSA) is 83.8 Å². The Hall–Kier alpha value is -3.15. The normalized spacial score (nSPS) is 11.2. The summed E-state index contributed by atoms with van der Waals surface area (Å²) in [5, 5.41) is 13.3. The first-order valence-electron chi connectivity index (χ1n) is 6.38. The van der Waals surface area contributed by atoms with Crippen LogP contribution in [0.3, 0.4) is 0 Å². The van der Waals surface area contributed by atoms with Crippen molar-refractivity contribution in [1.82, 2.24) is 19.7 Å². The molecule has 4 rings (SSSR count). The largest absolute Gasteiger partial charge is 0.478 e. The van der Waals surface area contributed by atoms with Crippen molar-refractivity contribution in [2.24, 2.45) is 0 Å². The molecule has 3 aromatic heterocycles. The van der Waals surface area contributed by atoms with Crippen molar-refractivity contribution in [3.05, 3.63) is 54.4 Å². The number of nitrogens with one attached hydrogen (secondary N) is 1. The fourth-order valence-electron chi connectivity index (χ4n) is 2.47. The molecule has 21 heavy (non-hydrogen) atoms. The third-order valence-electron chi connectivity index (χ3n) is 3.44. The van der Waals surface area contributed by atoms with Gasteiger partial charge in [0.2, 0.25) is 0 Å². The minimum atomic E-state index is -0.968. The number of aromatic carboxylic acids is 1. The number of rotatable bonds is 2. The van der Waals surface area contributed by atoms with Crippen molar-refractivity contribution in [3.63, 3.8) is 0 Å². The number of benzene rings is 1. The van der Waals surface area contributed by atoms with Crippen LogP contribution in [0.2, 0.25) is 0 Å². The number of pyridine rings is 1. The van der Waals surface area contributed by atoms with Crippen LogP contribution in [0.5, 0.6) is 0 Å². The number of aromatic nitrogens is 4. The van der Waals surface area contributed by atoms with E-state index < -0.39 is 5.97 Å². The lowest BCUT2D eigenvalue weighted by Gasteiger charge is -2.08. The maximum atomic E-state index is 11.4. The van der Waals surface area contributed by atoms with Gasteiger partial charge in [0.1, 0.15) is 5.52 Å². The van der Waals surface area contributed by atoms with Gasteiger partial charge in [-0.3, -0.25) is 9.78 Å². The fourth-order valence-corrected chi connectivity index (χ4v) is 2.47. The van der Waals surface area contributed by atoms with Gasteiger partial charge in [0.25, 0.3) is 0 Å². The molecule has 0 radical (unpaired) electrons. The number of hydrogen-bond donors (Lipinski definition) is 2. The van der Waals surface area contributed by atoms with E-state index in [1.54, 1.807) is 41.3 Å². The minimum Gasteiger partial charge on any atom is -0.478 e. The van der Waals surface area contributed by atoms with Gasteiger partial charge in [-0.25, -0.2) is 14.8 Å². The summed E-state index contributed by atoms with van der Waals surface area (Å²) < 4.78 is 1.72. The monoisotopic (exact) mass is 278 g/mol. The highest BCUT2D eigenvalue weighted by Crippen LogP contribution is 2.23. The van der Waals surface area contributed by atoms with E-state index in [1.807, 2.05) is 12.1 Å². The highest BCUT2D eigenvalue weighted by molar-refractivity contribution is 5.94. The number of para-hydroxylation sites is 1. The first-order chi connectivity index (χ1) is 10.2. The minimum absolute atomic E-state index is 0.229. The zero-order chi connectivity index (χ0) is 14.4. The Balaban J connectivity index is 2.04. The van der Waals surface area contributed by atoms with Crippen LogP contribution >= 0.6 is 0 Å². The van der Waals surface area contributed by atoms with E-state index in [1.165, 1.54) is 0 Å². The molecule has 102 valence electrons. The Morgan fingerprint density at radius 2 is 2.10 bits per heavy atom. The standard InChI is InChI=1S/C15H10N4O2/c20-15(21)10-3-1-2-4-12(10)19-13-7-9-5-6-16-14(9)18-11(13)8-17-19/h1-8,17H,(H,20,21). The van der Waals surface area contributed by atoms with E-state index in [-0.39, 0.29) is 5.56 Å². The molecule has 0 aliphatic rings. The third-order valence-corrected chi connectivity index (χ3v) is 3.44. The average molecular weight is 278 g/mol. The van der Waals surface area contributed by atoms with Crippen LogP contribution in [-0.2, 0) is 0 Å². The summed E-state index contributed by atoms with van der Waals surface area (Å²) in [7, 11) is 0. The second-order valence-electron chi connectivity index (χ2n) is 4.68. The number of nitrogens with zero attached hydrogens (tertiary/aromatic N) is 3. The van der Waals surface area contributed by atoms with Crippen LogP contribution in [0.15, 0.2) is 48.8 Å². The Labute approximate surface area is 118 Å². The molecular formula is C15H10N4O2. The zero-order valence-electron chi connectivity index (χ0n) is 10.8. The van der Waals surface area contributed by atoms with E-state index in [2.05, 4.69) is 15.1 Å². The van der Waals surface area contributed by atoms with Crippen molar-refractivity contribution < 1.29 is 9.90 Å². The first kappa shape index (κ1) is 11.7. The third kappa shape index (κ3) is 1.69. The summed E-state index contributed by atoms with van der Waals surface area (Å²) in [6, 6.07) is 10.7. The second-order valence-corrected chi connectivity index (χ2v) is 4.68. The van der Waals surface area contributed by atoms with Gasteiger partial charge in [-0.1, -0.05) is 12.1 Å². The van der Waals surface area contributed by atoms with Gasteiger partial charge in [-0.15, -0.1) is 0 Å². The number of hydrogen-bond acceptors (Lipinski definition) is 3. The summed E-state index contributed by atoms with van der Waals surface area (Å²) in [6.45, 7) is 0. The van der Waals surface area contributed by atoms with Crippen molar-refractivity contribution in [2.45, 2.75) is 0 Å². The van der Waals surface area contributed by atoms with Crippen LogP contribution in [0, 0.1) is 0 Å². The quantitative estimate of drug-likeness (QED) is 0.590. The lowest BCUT2D eigenvalue weighted by Crippen LogP contribution is -2.06. The van der Waals surface area contributed by atoms with E-state index in [9.17, 15) is 9.90 Å². The number of carboxylic acids is 1. The van der Waals surface area contributed by atoms with Gasteiger partial charge >= 0.3 is 5.97 Å². The van der Waals surface area contributed by atoms with Crippen LogP contribution in [0.1, 0.15) is 10.4 Å². The predicted molar refractivity (Wildman–Crippen MR) is 77.7 cm³/mol. The molecule has 4 aromatic rings. The molecule has 2 N–H and O–H groups in total. The molecule has 6 nitrogen and oxygen atoms in total. The molecule has 0 saturated heterocycles. The molecule has 0 aliphatic heterocycles. The molecule has 0 spiro atoms. The molecule has 0 saturated carbocycles. The fraction of sp³-hybridized carbons (Fsp3) is 0. The van der Waals surface area contributed by atoms with E-state index in [4.69, 9.17) is 0 Å². The smallest absolute Gasteiger partial charge is 0.337 e. The van der Waals surface area contributed by atoms with E-state index >= 15 is 0 Å². The Morgan fingerprint density at radius 1 is 1.24 bits per heavy atom. The van der Waals surface area contributed by atoms with Gasteiger partial charge in [-0.05, 0) is 24.3 Å². The van der Waals surface area contributed by atoms with Gasteiger partial charge in [-0.2, -0.15) is 0 Å². The zero-order valence-corrected chi connectivity index (χ0v) is 10.8. The average Bonchev–Trinajstić information content (AvgIpc) is 3.10. The molecule has 0 unspecified atom stereocenters. The van der Waals surface area contributed by atoms with Gasteiger partial charge in [0.15, 0.2) is 5.65 Å². The Kier molecular flexibility index (Phi) is 2.32. The first-order valence-corrected chi connectivity index (χ1v) is 6.38. The summed E-state index contributed by atoms with van der Waals surface area (Å²) in [6.07, 6.45) is 3.44. The maximum absolute atomic E-state index is 11.4. The Bertz CT molecular complexity index is 984. The molecular weight excluding hydrogens is 268 g/mol. The van der Waals surface area contributed by atoms with Crippen molar-refractivity contribution in [2.75, 3.05) is 0 Å². The molecule has 1 aromatic carbocycles. The highest BCUT2D eigenvalue weighted by atomic mass is 16.4. The number of carbonyl (C=O) groups is 1. The van der Waals surface area contributed by atoms with Gasteiger partial charge < -0.3 is 5.11 Å². The summed E-state index contributed by atoms with van der Waals surface area (Å²) >= 11 is 0. The molecule has 6 heteroatoms. The van der Waals surface area contributed by atoms with Crippen molar-refractivity contribution in [1.29, 1.82) is 0 Å². The van der Waals surface area contributed by atoms with Crippen LogP contribution in [0.25, 0.3) is 27.8 Å². The number of aromatic amines is 1. The predicted octanol–water partition coefficient (Wildman–Crippen LogP) is 2.60. The SMILES string of the molecule is O=C(O)c1ccccc1-n1[nH]cc2nc3nccc3cc21. The lowest BCUT2D eigenvalue weighted by atomic mass is 10.2. The molecule has 0 aliphatic carbocycles. The number of H-pyrrole nitrogens is 1. The molecule has 0 atom stereocenters. The van der Waals surface area contributed by atoms with Crippen LogP contribution in [-0.4, -0.2) is 30.8 Å². The van der Waals surface area contributed by atoms with Crippen molar-refractivity contribution in [3.8, 4) is 5.69 Å². The summed E-state index contributed by atoms with van der Waals surface area (Å²) in [5.41, 5.74) is 3.03. The number of carboxylic acid groups (broad SMARTS) is 1. The second kappa shape index (κ2) is 4.17. The van der Waals surface area contributed by atoms with Crippen molar-refractivity contribution >= 4 is 28.0 Å². The molecule has 0 amide bonds. The number of fused-ring (bicyclic) bond motifs is 2. The van der Waals surface area contributed by atoms with E-state index in [0.717, 1.165) is 16.4 Å². The lowest BCUT2D eigenvalue weighted by molar-refractivity contribution is 0.0697. The van der Waals surface area contributed by atoms with Gasteiger partial charge in [0.05, 0.1) is 16.8 Å². The molecule has 0 fully saturated rings. The maximum Gasteiger partial charge on any atom is 0.337 e. The Morgan fingerprint density at radius 3 is 2.95 bits per heavy atom.